The van der Waals surface area contributed by atoms with E-state index in [2.05, 4.69) is 13.8 Å². The lowest BCUT2D eigenvalue weighted by atomic mass is 9.84. The predicted molar refractivity (Wildman–Crippen MR) is 121 cm³/mol. The molecule has 6 unspecified atom stereocenters. The maximum absolute atomic E-state index is 13.4. The molecular formula is C25H42N2O4. The highest BCUT2D eigenvalue weighted by Crippen LogP contribution is 2.38. The van der Waals surface area contributed by atoms with Gasteiger partial charge in [-0.05, 0) is 38.0 Å². The van der Waals surface area contributed by atoms with Crippen molar-refractivity contribution < 1.29 is 19.2 Å². The summed E-state index contributed by atoms with van der Waals surface area (Å²) in [6.07, 6.45) is 8.58. The van der Waals surface area contributed by atoms with Gasteiger partial charge in [-0.1, -0.05) is 66.7 Å². The monoisotopic (exact) mass is 434 g/mol. The molecular weight excluding hydrogens is 392 g/mol. The van der Waals surface area contributed by atoms with Crippen LogP contribution in [0.25, 0.3) is 0 Å². The fourth-order valence-electron chi connectivity index (χ4n) is 5.91. The normalized spacial score (nSPS) is 28.5. The van der Waals surface area contributed by atoms with Crippen LogP contribution in [0.1, 0.15) is 98.8 Å². The number of hydrogen-bond acceptors (Lipinski definition) is 4. The molecule has 1 heterocycles. The van der Waals surface area contributed by atoms with Gasteiger partial charge in [-0.2, -0.15) is 0 Å². The summed E-state index contributed by atoms with van der Waals surface area (Å²) in [6, 6.07) is -0.801. The summed E-state index contributed by atoms with van der Waals surface area (Å²) >= 11 is 0. The van der Waals surface area contributed by atoms with Gasteiger partial charge in [0.05, 0.1) is 18.0 Å². The molecule has 0 spiro atoms. The van der Waals surface area contributed by atoms with Gasteiger partial charge in [0.2, 0.25) is 24.1 Å². The smallest absolute Gasteiger partial charge is 0.233 e. The maximum Gasteiger partial charge on any atom is 0.233 e. The Kier molecular flexibility index (Phi) is 9.70. The lowest BCUT2D eigenvalue weighted by molar-refractivity contribution is -0.154. The SMILES string of the molecule is CCCC(C)C(CC)C(=O)N(C=O)C1CCCCC1N1C(=O)C(CC)C(CCC)C1=O. The van der Waals surface area contributed by atoms with Crippen LogP contribution in [0.15, 0.2) is 0 Å². The van der Waals surface area contributed by atoms with Gasteiger partial charge in [-0.15, -0.1) is 0 Å². The molecule has 176 valence electrons. The van der Waals surface area contributed by atoms with E-state index in [4.69, 9.17) is 0 Å². The highest BCUT2D eigenvalue weighted by Gasteiger charge is 2.51. The van der Waals surface area contributed by atoms with Crippen molar-refractivity contribution in [1.29, 1.82) is 0 Å². The van der Waals surface area contributed by atoms with Crippen LogP contribution in [-0.2, 0) is 19.2 Å². The fourth-order valence-corrected chi connectivity index (χ4v) is 5.91. The minimum Gasteiger partial charge on any atom is -0.280 e. The van der Waals surface area contributed by atoms with Crippen LogP contribution < -0.4 is 0 Å². The van der Waals surface area contributed by atoms with Crippen molar-refractivity contribution in [3.8, 4) is 0 Å². The summed E-state index contributed by atoms with van der Waals surface area (Å²) in [6.45, 7) is 10.2. The molecule has 31 heavy (non-hydrogen) atoms. The van der Waals surface area contributed by atoms with Gasteiger partial charge >= 0.3 is 0 Å². The Morgan fingerprint density at radius 1 is 1.06 bits per heavy atom. The molecule has 2 aliphatic rings. The topological polar surface area (TPSA) is 74.8 Å². The van der Waals surface area contributed by atoms with E-state index < -0.39 is 12.1 Å². The van der Waals surface area contributed by atoms with E-state index in [0.717, 1.165) is 32.1 Å². The summed E-state index contributed by atoms with van der Waals surface area (Å²) in [5, 5.41) is 0. The Labute approximate surface area is 188 Å². The summed E-state index contributed by atoms with van der Waals surface area (Å²) in [4.78, 5) is 55.0. The van der Waals surface area contributed by atoms with Gasteiger partial charge in [0.25, 0.3) is 0 Å². The van der Waals surface area contributed by atoms with E-state index in [-0.39, 0.29) is 41.4 Å². The first kappa shape index (κ1) is 25.5. The number of rotatable bonds is 11. The van der Waals surface area contributed by atoms with Crippen molar-refractivity contribution in [3.63, 3.8) is 0 Å². The number of carbonyl (C=O) groups excluding carboxylic acids is 4. The molecule has 6 nitrogen and oxygen atoms in total. The van der Waals surface area contributed by atoms with E-state index in [1.165, 1.54) is 9.80 Å². The first-order valence-corrected chi connectivity index (χ1v) is 12.5. The highest BCUT2D eigenvalue weighted by atomic mass is 16.2. The minimum atomic E-state index is -0.410. The van der Waals surface area contributed by atoms with Crippen LogP contribution >= 0.6 is 0 Å². The second-order valence-electron chi connectivity index (χ2n) is 9.51. The molecule has 0 N–H and O–H groups in total. The van der Waals surface area contributed by atoms with Crippen LogP contribution in [0.3, 0.4) is 0 Å². The summed E-state index contributed by atoms with van der Waals surface area (Å²) < 4.78 is 0. The van der Waals surface area contributed by atoms with Gasteiger partial charge in [0.1, 0.15) is 0 Å². The molecule has 1 aliphatic carbocycles. The first-order valence-electron chi connectivity index (χ1n) is 12.5. The zero-order valence-corrected chi connectivity index (χ0v) is 20.1. The predicted octanol–water partition coefficient (Wildman–Crippen LogP) is 4.56. The molecule has 0 aromatic heterocycles. The molecule has 6 heteroatoms. The number of carbonyl (C=O) groups is 4. The average Bonchev–Trinajstić information content (AvgIpc) is 2.99. The molecule has 0 radical (unpaired) electrons. The average molecular weight is 435 g/mol. The third-order valence-corrected chi connectivity index (χ3v) is 7.57. The molecule has 2 rings (SSSR count). The zero-order valence-electron chi connectivity index (χ0n) is 20.1. The van der Waals surface area contributed by atoms with Crippen molar-refractivity contribution in [2.75, 3.05) is 0 Å². The Hall–Kier alpha value is -1.72. The second kappa shape index (κ2) is 11.8. The lowest BCUT2D eigenvalue weighted by Gasteiger charge is -2.42. The van der Waals surface area contributed by atoms with Crippen LogP contribution in [0, 0.1) is 23.7 Å². The molecule has 6 atom stereocenters. The van der Waals surface area contributed by atoms with E-state index >= 15 is 0 Å². The Bertz CT molecular complexity index is 649. The zero-order chi connectivity index (χ0) is 23.1. The molecule has 1 saturated carbocycles. The molecule has 2 fully saturated rings. The van der Waals surface area contributed by atoms with Crippen molar-refractivity contribution in [2.45, 2.75) is 111 Å². The van der Waals surface area contributed by atoms with Crippen LogP contribution in [0.5, 0.6) is 0 Å². The van der Waals surface area contributed by atoms with Crippen LogP contribution in [0.4, 0.5) is 0 Å². The maximum atomic E-state index is 13.4. The summed E-state index contributed by atoms with van der Waals surface area (Å²) in [7, 11) is 0. The van der Waals surface area contributed by atoms with Crippen LogP contribution in [-0.4, -0.2) is 46.0 Å². The molecule has 0 bridgehead atoms. The Morgan fingerprint density at radius 2 is 1.71 bits per heavy atom. The standard InChI is InChI=1S/C25H42N2O4/c1-6-12-17(5)18(8-3)23(29)26(16-28)21-14-10-11-15-22(21)27-24(30)19(9-4)20(13-7-2)25(27)31/h16-22H,6-15H2,1-5H3. The number of likely N-dealkylation sites (tertiary alicyclic amines) is 1. The molecule has 0 aromatic carbocycles. The molecule has 4 amide bonds. The number of imide groups is 2. The van der Waals surface area contributed by atoms with Gasteiger partial charge < -0.3 is 0 Å². The van der Waals surface area contributed by atoms with E-state index in [0.29, 0.717) is 38.5 Å². The van der Waals surface area contributed by atoms with Crippen LogP contribution in [0.2, 0.25) is 0 Å². The number of amides is 4. The highest BCUT2D eigenvalue weighted by molar-refractivity contribution is 6.05. The largest absolute Gasteiger partial charge is 0.280 e. The first-order chi connectivity index (χ1) is 14.9. The Balaban J connectivity index is 2.33. The summed E-state index contributed by atoms with van der Waals surface area (Å²) in [5.41, 5.74) is 0. The van der Waals surface area contributed by atoms with E-state index in [9.17, 15) is 19.2 Å². The Morgan fingerprint density at radius 3 is 2.26 bits per heavy atom. The molecule has 1 aliphatic heterocycles. The van der Waals surface area contributed by atoms with Gasteiger partial charge in [0.15, 0.2) is 0 Å². The minimum absolute atomic E-state index is 0.0970. The molecule has 0 aromatic rings. The third-order valence-electron chi connectivity index (χ3n) is 7.57. The van der Waals surface area contributed by atoms with Gasteiger partial charge in [-0.3, -0.25) is 29.0 Å². The fraction of sp³-hybridized carbons (Fsp3) is 0.840. The number of hydrogen-bond donors (Lipinski definition) is 0. The van der Waals surface area contributed by atoms with E-state index in [1.54, 1.807) is 0 Å². The van der Waals surface area contributed by atoms with Crippen molar-refractivity contribution in [1.82, 2.24) is 9.80 Å². The van der Waals surface area contributed by atoms with Crippen molar-refractivity contribution >= 4 is 24.1 Å². The quantitative estimate of drug-likeness (QED) is 0.353. The van der Waals surface area contributed by atoms with Gasteiger partial charge in [-0.25, -0.2) is 0 Å². The van der Waals surface area contributed by atoms with E-state index in [1.807, 2.05) is 20.8 Å². The van der Waals surface area contributed by atoms with Crippen molar-refractivity contribution in [3.05, 3.63) is 0 Å². The summed E-state index contributed by atoms with van der Waals surface area (Å²) in [5.74, 6) is -0.907. The number of nitrogens with zero attached hydrogens (tertiary/aromatic N) is 2. The second-order valence-corrected chi connectivity index (χ2v) is 9.51. The third kappa shape index (κ3) is 5.20. The molecule has 1 saturated heterocycles. The lowest BCUT2D eigenvalue weighted by Crippen LogP contribution is -2.57. The van der Waals surface area contributed by atoms with Crippen molar-refractivity contribution in [2.24, 2.45) is 23.7 Å². The van der Waals surface area contributed by atoms with Gasteiger partial charge in [0, 0.05) is 11.8 Å².